The van der Waals surface area contributed by atoms with Crippen molar-refractivity contribution in [1.82, 2.24) is 20.1 Å². The van der Waals surface area contributed by atoms with Crippen LogP contribution < -0.4 is 25.0 Å². The zero-order valence-corrected chi connectivity index (χ0v) is 29.6. The quantitative estimate of drug-likeness (QED) is 0.0270. The summed E-state index contributed by atoms with van der Waals surface area (Å²) in [6.07, 6.45) is 1.45. The van der Waals surface area contributed by atoms with E-state index in [0.29, 0.717) is 22.8 Å². The number of nitrogens with zero attached hydrogens (tertiary/aromatic N) is 1. The molecule has 1 aliphatic heterocycles. The Morgan fingerprint density at radius 2 is 1.40 bits per heavy atom. The number of carbonyl (C=O) groups excluding carboxylic acids is 6. The summed E-state index contributed by atoms with van der Waals surface area (Å²) >= 11 is 8.17. The maximum atomic E-state index is 13.5. The average Bonchev–Trinajstić information content (AvgIpc) is 3.44. The average molecular weight is 740 g/mol. The van der Waals surface area contributed by atoms with E-state index in [-0.39, 0.29) is 31.3 Å². The predicted molar refractivity (Wildman–Crippen MR) is 188 cm³/mol. The second-order valence-corrected chi connectivity index (χ2v) is 14.2. The van der Waals surface area contributed by atoms with Gasteiger partial charge in [-0.05, 0) is 47.4 Å². The Balaban J connectivity index is 2.13. The molecular weight excluding hydrogens is 703 g/mol. The van der Waals surface area contributed by atoms with Crippen molar-refractivity contribution >= 4 is 111 Å². The molecule has 0 spiro atoms. The van der Waals surface area contributed by atoms with Crippen molar-refractivity contribution < 1.29 is 38.2 Å². The van der Waals surface area contributed by atoms with E-state index in [4.69, 9.17) is 9.47 Å². The van der Waals surface area contributed by atoms with E-state index in [1.165, 1.54) is 26.5 Å². The second-order valence-electron chi connectivity index (χ2n) is 9.11. The van der Waals surface area contributed by atoms with Gasteiger partial charge in [0, 0.05) is 35.2 Å². The molecule has 1 aromatic rings. The summed E-state index contributed by atoms with van der Waals surface area (Å²) in [5.74, 6) is -1.65. The number of amides is 3. The van der Waals surface area contributed by atoms with Crippen molar-refractivity contribution in [3.63, 3.8) is 0 Å². The Kier molecular flexibility index (Phi) is 19.2. The van der Waals surface area contributed by atoms with E-state index in [0.717, 1.165) is 34.5 Å². The minimum Gasteiger partial charge on any atom is -0.464 e. The number of carbonyl (C=O) groups is 6. The summed E-state index contributed by atoms with van der Waals surface area (Å²) < 4.78 is 16.1. The van der Waals surface area contributed by atoms with Crippen molar-refractivity contribution in [3.8, 4) is 0 Å². The first-order chi connectivity index (χ1) is 21.7. The number of benzene rings is 1. The largest absolute Gasteiger partial charge is 0.464 e. The van der Waals surface area contributed by atoms with Gasteiger partial charge < -0.3 is 29.7 Å². The topological polar surface area (TPSA) is 172 Å². The van der Waals surface area contributed by atoms with Gasteiger partial charge >= 0.3 is 18.0 Å². The van der Waals surface area contributed by atoms with Crippen molar-refractivity contribution in [3.05, 3.63) is 29.8 Å². The fourth-order valence-corrected chi connectivity index (χ4v) is 8.24. The maximum Gasteiger partial charge on any atom is 0.329 e. The Bertz CT molecular complexity index is 1070. The maximum absolute atomic E-state index is 13.5. The van der Waals surface area contributed by atoms with Crippen LogP contribution in [0.3, 0.4) is 0 Å². The summed E-state index contributed by atoms with van der Waals surface area (Å²) in [7, 11) is 4.74. The molecule has 4 N–H and O–H groups in total. The predicted octanol–water partition coefficient (Wildman–Crippen LogP) is 2.05. The number of para-hydroxylation sites is 1. The molecule has 3 unspecified atom stereocenters. The number of ether oxygens (including phenoxy) is 2. The van der Waals surface area contributed by atoms with E-state index in [1.807, 2.05) is 0 Å². The number of anilines is 1. The molecular formula is C26H37N5O8S6. The smallest absolute Gasteiger partial charge is 0.329 e. The molecule has 0 aromatic heterocycles. The molecule has 0 fully saturated rings. The number of hydrogen-bond acceptors (Lipinski definition) is 16. The molecule has 0 bridgehead atoms. The fraction of sp³-hybridized carbons (Fsp3) is 0.538. The highest BCUT2D eigenvalue weighted by atomic mass is 33.1. The van der Waals surface area contributed by atoms with E-state index in [9.17, 15) is 28.8 Å². The SMILES string of the molecule is CCOC(=O)C(CSSN[C@H](C=O)CS)NC(=O)C1CN(C(=O)NC(CSSN[C@H](C=O)CS)C(=O)OCC)c2ccccc21. The van der Waals surface area contributed by atoms with Gasteiger partial charge in [-0.15, -0.1) is 0 Å². The highest BCUT2D eigenvalue weighted by Crippen LogP contribution is 2.36. The molecule has 5 atom stereocenters. The van der Waals surface area contributed by atoms with Gasteiger partial charge in [-0.25, -0.2) is 23.8 Å². The van der Waals surface area contributed by atoms with E-state index in [2.05, 4.69) is 45.3 Å². The van der Waals surface area contributed by atoms with E-state index < -0.39 is 54.0 Å². The molecule has 19 heteroatoms. The standard InChI is InChI=1S/C26H37N5O8S6/c1-3-38-24(35)20(14-42-44-29-16(10-32)12-40)27-23(34)19-9-31(22-8-6-5-7-18(19)22)26(37)28-21(25(36)39-4-2)15-43-45-30-17(11-33)13-41/h5-8,10-11,16-17,19-21,29-30,40-41H,3-4,9,12-15H2,1-2H3,(H,27,34)(H,28,37)/t16-,17-,19?,20?,21?/m1/s1. The van der Waals surface area contributed by atoms with Gasteiger partial charge in [-0.2, -0.15) is 25.3 Å². The van der Waals surface area contributed by atoms with Crippen LogP contribution in [0.25, 0.3) is 0 Å². The van der Waals surface area contributed by atoms with E-state index >= 15 is 0 Å². The number of hydrogen-bond donors (Lipinski definition) is 6. The van der Waals surface area contributed by atoms with E-state index in [1.54, 1.807) is 38.1 Å². The summed E-state index contributed by atoms with van der Waals surface area (Å²) in [5.41, 5.74) is 1.06. The Morgan fingerprint density at radius 3 is 1.89 bits per heavy atom. The van der Waals surface area contributed by atoms with Crippen LogP contribution in [0.2, 0.25) is 0 Å². The summed E-state index contributed by atoms with van der Waals surface area (Å²) in [6, 6.07) is 3.33. The van der Waals surface area contributed by atoms with Crippen LogP contribution in [0.4, 0.5) is 10.5 Å². The first-order valence-corrected chi connectivity index (χ1v) is 19.6. The summed E-state index contributed by atoms with van der Waals surface area (Å²) in [6.45, 7) is 3.51. The third kappa shape index (κ3) is 12.8. The van der Waals surface area contributed by atoms with Crippen LogP contribution >= 0.6 is 68.8 Å². The number of nitrogens with one attached hydrogen (secondary N) is 4. The monoisotopic (exact) mass is 739 g/mol. The number of esters is 2. The number of thiol groups is 2. The third-order valence-corrected chi connectivity index (χ3v) is 10.9. The lowest BCUT2D eigenvalue weighted by Gasteiger charge is -2.23. The first-order valence-electron chi connectivity index (χ1n) is 13.7. The van der Waals surface area contributed by atoms with Crippen LogP contribution in [-0.2, 0) is 33.4 Å². The molecule has 13 nitrogen and oxygen atoms in total. The molecule has 250 valence electrons. The van der Waals surface area contributed by atoms with Crippen molar-refractivity contribution in [2.45, 2.75) is 43.9 Å². The molecule has 0 saturated heterocycles. The first kappa shape index (κ1) is 39.4. The van der Waals surface area contributed by atoms with Gasteiger partial charge in [0.05, 0.1) is 31.2 Å². The minimum absolute atomic E-state index is 0.0408. The van der Waals surface area contributed by atoms with Crippen LogP contribution in [0.1, 0.15) is 25.3 Å². The minimum atomic E-state index is -1.01. The lowest BCUT2D eigenvalue weighted by molar-refractivity contribution is -0.146. The van der Waals surface area contributed by atoms with Gasteiger partial charge in [0.1, 0.15) is 24.7 Å². The number of aldehydes is 2. The zero-order chi connectivity index (χ0) is 33.2. The van der Waals surface area contributed by atoms with Crippen molar-refractivity contribution in [2.75, 3.05) is 47.7 Å². The molecule has 1 heterocycles. The Hall–Kier alpha value is -1.74. The number of urea groups is 1. The molecule has 3 amide bonds. The molecule has 0 aliphatic carbocycles. The molecule has 2 rings (SSSR count). The van der Waals surface area contributed by atoms with Crippen LogP contribution in [0.15, 0.2) is 24.3 Å². The molecule has 0 saturated carbocycles. The molecule has 45 heavy (non-hydrogen) atoms. The Labute approximate surface area is 289 Å². The third-order valence-electron chi connectivity index (χ3n) is 5.99. The lowest BCUT2D eigenvalue weighted by Crippen LogP contribution is -2.50. The van der Waals surface area contributed by atoms with Gasteiger partial charge in [-0.1, -0.05) is 39.8 Å². The van der Waals surface area contributed by atoms with Gasteiger partial charge in [0.25, 0.3) is 0 Å². The van der Waals surface area contributed by atoms with Crippen molar-refractivity contribution in [1.29, 1.82) is 0 Å². The molecule has 0 radical (unpaired) electrons. The van der Waals surface area contributed by atoms with Crippen LogP contribution in [0, 0.1) is 0 Å². The van der Waals surface area contributed by atoms with Crippen molar-refractivity contribution in [2.24, 2.45) is 0 Å². The highest BCUT2D eigenvalue weighted by Gasteiger charge is 2.39. The van der Waals surface area contributed by atoms with Gasteiger partial charge in [-0.3, -0.25) is 9.69 Å². The van der Waals surface area contributed by atoms with Gasteiger partial charge in [0.15, 0.2) is 0 Å². The van der Waals surface area contributed by atoms with Gasteiger partial charge in [0.2, 0.25) is 5.91 Å². The lowest BCUT2D eigenvalue weighted by atomic mass is 10.0. The summed E-state index contributed by atoms with van der Waals surface area (Å²) in [4.78, 5) is 75.8. The van der Waals surface area contributed by atoms with Crippen LogP contribution in [-0.4, -0.2) is 103 Å². The molecule has 1 aliphatic rings. The zero-order valence-electron chi connectivity index (χ0n) is 24.5. The second kappa shape index (κ2) is 21.9. The molecule has 1 aromatic carbocycles. The fourth-order valence-electron chi connectivity index (χ4n) is 3.76. The normalized spacial score (nSPS) is 16.4. The number of fused-ring (bicyclic) bond motifs is 1. The number of rotatable bonds is 21. The summed E-state index contributed by atoms with van der Waals surface area (Å²) in [5, 5.41) is 5.46. The van der Waals surface area contributed by atoms with Crippen LogP contribution in [0.5, 0.6) is 0 Å². The highest BCUT2D eigenvalue weighted by molar-refractivity contribution is 8.76. The Morgan fingerprint density at radius 1 is 0.889 bits per heavy atom.